The summed E-state index contributed by atoms with van der Waals surface area (Å²) in [5.41, 5.74) is 0.724. The summed E-state index contributed by atoms with van der Waals surface area (Å²) in [7, 11) is 0. The number of ether oxygens (including phenoxy) is 8. The molecule has 0 saturated heterocycles. The summed E-state index contributed by atoms with van der Waals surface area (Å²) in [6.07, 6.45) is 12.7. The van der Waals surface area contributed by atoms with E-state index in [1.165, 1.54) is 29.5 Å². The summed E-state index contributed by atoms with van der Waals surface area (Å²) in [5, 5.41) is 11.9. The molecule has 0 spiro atoms. The van der Waals surface area contributed by atoms with E-state index in [4.69, 9.17) is 42.9 Å². The number of esters is 6. The fourth-order valence-electron chi connectivity index (χ4n) is 8.69. The van der Waals surface area contributed by atoms with Crippen molar-refractivity contribution in [2.24, 2.45) is 17.8 Å². The van der Waals surface area contributed by atoms with Gasteiger partial charge in [0.2, 0.25) is 0 Å². The summed E-state index contributed by atoms with van der Waals surface area (Å²) < 4.78 is 45.3. The standard InChI is InChI=1S/C60H68N2O16S/c1-4-16-42(17-15-18-54(65)75-48-31-27-46(28-32-48)71-37-11-7-9-13-39-73-52(63)5-2)59(67)78-51-36-35-50(55-56(51)79-57(61-55)41-23-25-45(26-24-41)62(69)70)77-60(68)44-21-19-43(20-22-44)58(66)76-49-33-29-47(30-34-49)72-38-12-8-10-14-40-74-53(64)6-3/h5-6,23-36,42-44H,2-4,7-22,37-40H2,1H3. The molecule has 18 nitrogen and oxygen atoms in total. The van der Waals surface area contributed by atoms with Gasteiger partial charge in [-0.2, -0.15) is 0 Å². The normalized spacial score (nSPS) is 14.2. The third-order valence-electron chi connectivity index (χ3n) is 13.0. The van der Waals surface area contributed by atoms with Crippen molar-refractivity contribution in [2.75, 3.05) is 26.4 Å². The molecule has 6 rings (SSSR count). The molecule has 1 fully saturated rings. The van der Waals surface area contributed by atoms with Crippen LogP contribution >= 0.6 is 11.3 Å². The van der Waals surface area contributed by atoms with Gasteiger partial charge in [-0.15, -0.1) is 11.3 Å². The van der Waals surface area contributed by atoms with Crippen molar-refractivity contribution in [2.45, 2.75) is 116 Å². The van der Waals surface area contributed by atoms with Crippen molar-refractivity contribution in [1.82, 2.24) is 4.98 Å². The number of nitrogens with zero attached hydrogens (tertiary/aromatic N) is 2. The van der Waals surface area contributed by atoms with Crippen LogP contribution in [0.25, 0.3) is 20.8 Å². The van der Waals surface area contributed by atoms with E-state index in [9.17, 15) is 38.9 Å². The first-order valence-corrected chi connectivity index (χ1v) is 27.7. The minimum absolute atomic E-state index is 0.0664. The Labute approximate surface area is 463 Å². The second-order valence-electron chi connectivity index (χ2n) is 18.9. The maximum absolute atomic E-state index is 13.9. The van der Waals surface area contributed by atoms with Gasteiger partial charge in [0, 0.05) is 36.3 Å². The lowest BCUT2D eigenvalue weighted by Gasteiger charge is -2.25. The third kappa shape index (κ3) is 19.8. The molecule has 1 unspecified atom stereocenters. The molecule has 1 saturated carbocycles. The molecule has 0 radical (unpaired) electrons. The summed E-state index contributed by atoms with van der Waals surface area (Å²) in [5.74, 6) is -1.78. The van der Waals surface area contributed by atoms with Gasteiger partial charge in [-0.25, -0.2) is 14.6 Å². The van der Waals surface area contributed by atoms with E-state index in [0.29, 0.717) is 116 Å². The minimum Gasteiger partial charge on any atom is -0.494 e. The van der Waals surface area contributed by atoms with Gasteiger partial charge in [0.05, 0.1) is 49.1 Å². The maximum Gasteiger partial charge on any atom is 0.330 e. The van der Waals surface area contributed by atoms with Crippen molar-refractivity contribution in [3.63, 3.8) is 0 Å². The number of aromatic nitrogens is 1. The number of carbonyl (C=O) groups excluding carboxylic acids is 6. The fourth-order valence-corrected chi connectivity index (χ4v) is 9.73. The second kappa shape index (κ2) is 32.1. The molecule has 0 N–H and O–H groups in total. The van der Waals surface area contributed by atoms with E-state index < -0.39 is 52.5 Å². The zero-order valence-electron chi connectivity index (χ0n) is 44.6. The van der Waals surface area contributed by atoms with E-state index in [0.717, 1.165) is 63.5 Å². The van der Waals surface area contributed by atoms with Gasteiger partial charge in [-0.05, 0) is 169 Å². The van der Waals surface area contributed by atoms with E-state index in [1.807, 2.05) is 6.92 Å². The zero-order valence-corrected chi connectivity index (χ0v) is 45.4. The fraction of sp³-hybridized carbons (Fsp3) is 0.417. The molecule has 0 bridgehead atoms. The van der Waals surface area contributed by atoms with Crippen molar-refractivity contribution in [3.05, 3.63) is 120 Å². The van der Waals surface area contributed by atoms with Crippen LogP contribution in [0, 0.1) is 27.9 Å². The molecule has 1 aromatic heterocycles. The zero-order chi connectivity index (χ0) is 56.4. The number of nitro groups is 1. The minimum atomic E-state index is -0.548. The number of hydrogen-bond acceptors (Lipinski definition) is 18. The number of thiazole rings is 1. The topological polar surface area (TPSA) is 232 Å². The number of carbonyl (C=O) groups is 6. The molecule has 79 heavy (non-hydrogen) atoms. The smallest absolute Gasteiger partial charge is 0.330 e. The van der Waals surface area contributed by atoms with E-state index in [-0.39, 0.29) is 35.1 Å². The van der Waals surface area contributed by atoms with Gasteiger partial charge < -0.3 is 37.9 Å². The first-order valence-electron chi connectivity index (χ1n) is 26.9. The van der Waals surface area contributed by atoms with Gasteiger partial charge in [0.1, 0.15) is 38.2 Å². The lowest BCUT2D eigenvalue weighted by atomic mass is 9.82. The van der Waals surface area contributed by atoms with Crippen LogP contribution in [0.4, 0.5) is 5.69 Å². The Balaban J connectivity index is 0.987. The molecule has 4 aromatic carbocycles. The van der Waals surface area contributed by atoms with Gasteiger partial charge >= 0.3 is 35.8 Å². The van der Waals surface area contributed by atoms with Crippen LogP contribution in [0.15, 0.2) is 110 Å². The number of rotatable bonds is 33. The predicted molar refractivity (Wildman–Crippen MR) is 295 cm³/mol. The van der Waals surface area contributed by atoms with Gasteiger partial charge in [-0.1, -0.05) is 26.5 Å². The third-order valence-corrected chi connectivity index (χ3v) is 14.2. The Morgan fingerprint density at radius 1 is 0.608 bits per heavy atom. The number of fused-ring (bicyclic) bond motifs is 1. The summed E-state index contributed by atoms with van der Waals surface area (Å²) in [6, 6.07) is 22.5. The SMILES string of the molecule is C=CC(=O)OCCCCCCOc1ccc(OC(=O)CCCC(CCC)C(=O)Oc2ccc(OC(=O)C3CCC(C(=O)Oc4ccc(OCCCCCCOC(=O)C=C)cc4)CC3)c3nc(-c4ccc([N+](=O)[O-])cc4)sc23)cc1. The quantitative estimate of drug-likeness (QED) is 0.00948. The maximum atomic E-state index is 13.9. The molecule has 1 aliphatic carbocycles. The van der Waals surface area contributed by atoms with Crippen LogP contribution in [-0.2, 0) is 38.2 Å². The van der Waals surface area contributed by atoms with Gasteiger partial charge in [0.15, 0.2) is 11.5 Å². The Kier molecular flexibility index (Phi) is 24.5. The molecule has 1 heterocycles. The van der Waals surface area contributed by atoms with Crippen molar-refractivity contribution in [1.29, 1.82) is 0 Å². The van der Waals surface area contributed by atoms with Crippen molar-refractivity contribution < 1.29 is 71.6 Å². The highest BCUT2D eigenvalue weighted by Crippen LogP contribution is 2.42. The Bertz CT molecular complexity index is 2840. The summed E-state index contributed by atoms with van der Waals surface area (Å²) in [4.78, 5) is 91.7. The number of unbranched alkanes of at least 4 members (excludes halogenated alkanes) is 6. The molecule has 5 aromatic rings. The highest BCUT2D eigenvalue weighted by molar-refractivity contribution is 7.22. The van der Waals surface area contributed by atoms with Crippen LogP contribution in [0.2, 0.25) is 0 Å². The lowest BCUT2D eigenvalue weighted by Crippen LogP contribution is -2.30. The summed E-state index contributed by atoms with van der Waals surface area (Å²) >= 11 is 1.18. The number of benzene rings is 4. The monoisotopic (exact) mass is 1100 g/mol. The number of non-ortho nitro benzene ring substituents is 1. The average molecular weight is 1110 g/mol. The molecule has 1 atom stereocenters. The predicted octanol–water partition coefficient (Wildman–Crippen LogP) is 12.6. The van der Waals surface area contributed by atoms with Gasteiger partial charge in [-0.3, -0.25) is 29.3 Å². The Morgan fingerprint density at radius 3 is 1.62 bits per heavy atom. The largest absolute Gasteiger partial charge is 0.494 e. The molecule has 1 aliphatic rings. The van der Waals surface area contributed by atoms with Crippen LogP contribution in [0.3, 0.4) is 0 Å². The van der Waals surface area contributed by atoms with Gasteiger partial charge in [0.25, 0.3) is 5.69 Å². The molecular weight excluding hydrogens is 1040 g/mol. The first-order chi connectivity index (χ1) is 38.3. The number of nitro benzene ring substituents is 1. The van der Waals surface area contributed by atoms with E-state index in [2.05, 4.69) is 13.2 Å². The van der Waals surface area contributed by atoms with E-state index in [1.54, 1.807) is 66.7 Å². The molecule has 0 amide bonds. The average Bonchev–Trinajstić information content (AvgIpc) is 4.00. The summed E-state index contributed by atoms with van der Waals surface area (Å²) in [6.45, 7) is 10.5. The molecular formula is C60H68N2O16S. The second-order valence-corrected chi connectivity index (χ2v) is 19.9. The van der Waals surface area contributed by atoms with Crippen molar-refractivity contribution in [3.8, 4) is 45.1 Å². The highest BCUT2D eigenvalue weighted by Gasteiger charge is 2.33. The first kappa shape index (κ1) is 60.3. The number of hydrogen-bond donors (Lipinski definition) is 0. The lowest BCUT2D eigenvalue weighted by molar-refractivity contribution is -0.384. The van der Waals surface area contributed by atoms with Crippen LogP contribution in [0.5, 0.6) is 34.5 Å². The van der Waals surface area contributed by atoms with E-state index >= 15 is 0 Å². The molecule has 420 valence electrons. The molecule has 19 heteroatoms. The highest BCUT2D eigenvalue weighted by atomic mass is 32.1. The van der Waals surface area contributed by atoms with Crippen LogP contribution in [-0.4, -0.2) is 72.2 Å². The van der Waals surface area contributed by atoms with Crippen LogP contribution in [0.1, 0.15) is 116 Å². The Morgan fingerprint density at radius 2 is 1.10 bits per heavy atom. The van der Waals surface area contributed by atoms with Crippen molar-refractivity contribution >= 4 is 63.1 Å². The van der Waals surface area contributed by atoms with Crippen LogP contribution < -0.4 is 28.4 Å². The molecule has 0 aliphatic heterocycles. The Hall–Kier alpha value is -7.93.